The van der Waals surface area contributed by atoms with E-state index in [0.29, 0.717) is 11.4 Å². The van der Waals surface area contributed by atoms with Crippen LogP contribution in [-0.4, -0.2) is 21.9 Å². The molecule has 1 atom stereocenters. The van der Waals surface area contributed by atoms with Gasteiger partial charge in [0.15, 0.2) is 0 Å². The molecule has 98 valence electrons. The summed E-state index contributed by atoms with van der Waals surface area (Å²) in [6, 6.07) is 3.73. The Morgan fingerprint density at radius 1 is 1.32 bits per heavy atom. The number of nitrogens with one attached hydrogen (secondary N) is 2. The molecule has 2 heterocycles. The second kappa shape index (κ2) is 4.65. The summed E-state index contributed by atoms with van der Waals surface area (Å²) in [7, 11) is 0. The summed E-state index contributed by atoms with van der Waals surface area (Å²) < 4.78 is 27.8. The smallest absolute Gasteiger partial charge is 0.235 e. The summed E-state index contributed by atoms with van der Waals surface area (Å²) in [5.41, 5.74) is 0.520. The Balaban J connectivity index is 2.13. The first-order valence-corrected chi connectivity index (χ1v) is 6.60. The van der Waals surface area contributed by atoms with Crippen LogP contribution in [0.15, 0.2) is 24.4 Å². The molecular formula is C12H9F2N3OS. The fourth-order valence-corrected chi connectivity index (χ4v) is 3.16. The second-order valence-corrected chi connectivity index (χ2v) is 5.17. The minimum atomic E-state index is -0.626. The molecular weight excluding hydrogens is 272 g/mol. The predicted molar refractivity (Wildman–Crippen MR) is 67.9 cm³/mol. The van der Waals surface area contributed by atoms with Crippen molar-refractivity contribution in [2.45, 2.75) is 5.25 Å². The number of carbonyl (C=O) groups excluding carboxylic acids is 1. The number of hydrogen-bond acceptors (Lipinski definition) is 3. The van der Waals surface area contributed by atoms with Crippen LogP contribution in [0.1, 0.15) is 16.4 Å². The molecule has 0 saturated carbocycles. The number of rotatable bonds is 1. The van der Waals surface area contributed by atoms with E-state index in [1.165, 1.54) is 36.2 Å². The maximum Gasteiger partial charge on any atom is 0.235 e. The van der Waals surface area contributed by atoms with Gasteiger partial charge in [0.25, 0.3) is 0 Å². The Hall–Kier alpha value is -1.89. The standard InChI is InChI=1S/C12H9F2N3OS/c13-7-2-1-3-8(14)10(7)11-6-4-15-17-12(6)16-9(18)5-19-11/h1-4,11H,5H2,(H2,15,16,17,18)/t11-/m1/s1. The Bertz CT molecular complexity index is 623. The molecule has 1 amide bonds. The van der Waals surface area contributed by atoms with Crippen LogP contribution in [0, 0.1) is 11.6 Å². The molecule has 1 aromatic heterocycles. The van der Waals surface area contributed by atoms with Crippen molar-refractivity contribution in [3.05, 3.63) is 47.2 Å². The van der Waals surface area contributed by atoms with Gasteiger partial charge in [0.1, 0.15) is 17.5 Å². The van der Waals surface area contributed by atoms with E-state index in [-0.39, 0.29) is 17.2 Å². The minimum Gasteiger partial charge on any atom is -0.310 e. The van der Waals surface area contributed by atoms with Gasteiger partial charge in [-0.1, -0.05) is 6.07 Å². The first-order valence-electron chi connectivity index (χ1n) is 5.55. The molecule has 0 saturated heterocycles. The molecule has 0 unspecified atom stereocenters. The van der Waals surface area contributed by atoms with Crippen molar-refractivity contribution in [2.75, 3.05) is 11.1 Å². The van der Waals surface area contributed by atoms with Crippen LogP contribution in [0.3, 0.4) is 0 Å². The van der Waals surface area contributed by atoms with E-state index in [0.717, 1.165) is 0 Å². The quantitative estimate of drug-likeness (QED) is 0.844. The van der Waals surface area contributed by atoms with Crippen molar-refractivity contribution in [1.82, 2.24) is 10.2 Å². The number of nitrogens with zero attached hydrogens (tertiary/aromatic N) is 1. The lowest BCUT2D eigenvalue weighted by Crippen LogP contribution is -2.12. The lowest BCUT2D eigenvalue weighted by molar-refractivity contribution is -0.113. The number of H-pyrrole nitrogens is 1. The summed E-state index contributed by atoms with van der Waals surface area (Å²) in [6.45, 7) is 0. The molecule has 1 aromatic carbocycles. The third kappa shape index (κ3) is 2.10. The van der Waals surface area contributed by atoms with Crippen molar-refractivity contribution < 1.29 is 13.6 Å². The molecule has 0 radical (unpaired) electrons. The number of aromatic amines is 1. The maximum atomic E-state index is 13.9. The fourth-order valence-electron chi connectivity index (χ4n) is 2.02. The largest absolute Gasteiger partial charge is 0.310 e. The molecule has 0 bridgehead atoms. The van der Waals surface area contributed by atoms with Crippen molar-refractivity contribution in [3.63, 3.8) is 0 Å². The van der Waals surface area contributed by atoms with Gasteiger partial charge in [0.05, 0.1) is 17.2 Å². The monoisotopic (exact) mass is 281 g/mol. The molecule has 2 aromatic rings. The number of fused-ring (bicyclic) bond motifs is 1. The van der Waals surface area contributed by atoms with Crippen molar-refractivity contribution >= 4 is 23.5 Å². The second-order valence-electron chi connectivity index (χ2n) is 4.07. The van der Waals surface area contributed by atoms with Gasteiger partial charge < -0.3 is 5.32 Å². The highest BCUT2D eigenvalue weighted by Gasteiger charge is 2.29. The third-order valence-electron chi connectivity index (χ3n) is 2.86. The highest BCUT2D eigenvalue weighted by molar-refractivity contribution is 8.00. The molecule has 1 aliphatic rings. The number of benzene rings is 1. The summed E-state index contributed by atoms with van der Waals surface area (Å²) in [6.07, 6.45) is 1.48. The van der Waals surface area contributed by atoms with Crippen LogP contribution in [0.25, 0.3) is 0 Å². The molecule has 1 aliphatic heterocycles. The highest BCUT2D eigenvalue weighted by Crippen LogP contribution is 2.42. The number of carbonyl (C=O) groups is 1. The summed E-state index contributed by atoms with van der Waals surface area (Å²) >= 11 is 1.17. The molecule has 0 spiro atoms. The van der Waals surface area contributed by atoms with Gasteiger partial charge in [-0.05, 0) is 12.1 Å². The van der Waals surface area contributed by atoms with Crippen LogP contribution in [0.2, 0.25) is 0 Å². The molecule has 0 fully saturated rings. The molecule has 4 nitrogen and oxygen atoms in total. The molecule has 3 rings (SSSR count). The summed E-state index contributed by atoms with van der Waals surface area (Å²) in [5.74, 6) is -0.962. The molecule has 7 heteroatoms. The number of thioether (sulfide) groups is 1. The fraction of sp³-hybridized carbons (Fsp3) is 0.167. The number of anilines is 1. The topological polar surface area (TPSA) is 57.8 Å². The average Bonchev–Trinajstić information content (AvgIpc) is 2.75. The van der Waals surface area contributed by atoms with E-state index >= 15 is 0 Å². The van der Waals surface area contributed by atoms with Crippen molar-refractivity contribution in [3.8, 4) is 0 Å². The van der Waals surface area contributed by atoms with Crippen molar-refractivity contribution in [1.29, 1.82) is 0 Å². The minimum absolute atomic E-state index is 0.0494. The SMILES string of the molecule is O=C1CS[C@@H](c2c(F)cccc2F)c2cn[nH]c2N1. The van der Waals surface area contributed by atoms with Crippen LogP contribution >= 0.6 is 11.8 Å². The number of aromatic nitrogens is 2. The summed E-state index contributed by atoms with van der Waals surface area (Å²) in [4.78, 5) is 11.5. The third-order valence-corrected chi connectivity index (χ3v) is 4.11. The number of hydrogen-bond donors (Lipinski definition) is 2. The van der Waals surface area contributed by atoms with Crippen LogP contribution in [-0.2, 0) is 4.79 Å². The first-order chi connectivity index (χ1) is 9.16. The number of amides is 1. The van der Waals surface area contributed by atoms with Crippen LogP contribution in [0.5, 0.6) is 0 Å². The van der Waals surface area contributed by atoms with E-state index in [9.17, 15) is 13.6 Å². The van der Waals surface area contributed by atoms with E-state index in [4.69, 9.17) is 0 Å². The number of halogens is 2. The molecule has 0 aliphatic carbocycles. The predicted octanol–water partition coefficient (Wildman–Crippen LogP) is 2.46. The van der Waals surface area contributed by atoms with Gasteiger partial charge in [0.2, 0.25) is 5.91 Å². The molecule has 2 N–H and O–H groups in total. The lowest BCUT2D eigenvalue weighted by Gasteiger charge is -2.15. The van der Waals surface area contributed by atoms with Crippen molar-refractivity contribution in [2.24, 2.45) is 0 Å². The molecule has 19 heavy (non-hydrogen) atoms. The Morgan fingerprint density at radius 2 is 2.05 bits per heavy atom. The zero-order valence-electron chi connectivity index (χ0n) is 9.61. The van der Waals surface area contributed by atoms with Gasteiger partial charge in [-0.3, -0.25) is 9.89 Å². The van der Waals surface area contributed by atoms with Gasteiger partial charge in [-0.2, -0.15) is 5.10 Å². The Morgan fingerprint density at radius 3 is 2.79 bits per heavy atom. The lowest BCUT2D eigenvalue weighted by atomic mass is 10.1. The Kier molecular flexibility index (Phi) is 2.98. The normalized spacial score (nSPS) is 18.6. The average molecular weight is 281 g/mol. The maximum absolute atomic E-state index is 13.9. The van der Waals surface area contributed by atoms with E-state index < -0.39 is 16.9 Å². The zero-order valence-corrected chi connectivity index (χ0v) is 10.4. The summed E-state index contributed by atoms with van der Waals surface area (Å²) in [5, 5.41) is 8.46. The van der Waals surface area contributed by atoms with Gasteiger partial charge in [0, 0.05) is 11.1 Å². The van der Waals surface area contributed by atoms with Crippen LogP contribution < -0.4 is 5.32 Å². The van der Waals surface area contributed by atoms with Gasteiger partial charge >= 0.3 is 0 Å². The van der Waals surface area contributed by atoms with Gasteiger partial charge in [-0.25, -0.2) is 8.78 Å². The van der Waals surface area contributed by atoms with E-state index in [1.54, 1.807) is 0 Å². The van der Waals surface area contributed by atoms with Crippen LogP contribution in [0.4, 0.5) is 14.6 Å². The van der Waals surface area contributed by atoms with E-state index in [2.05, 4.69) is 15.5 Å². The van der Waals surface area contributed by atoms with Gasteiger partial charge in [-0.15, -0.1) is 11.8 Å². The van der Waals surface area contributed by atoms with E-state index in [1.807, 2.05) is 0 Å². The first kappa shape index (κ1) is 12.2. The Labute approximate surface area is 111 Å². The highest BCUT2D eigenvalue weighted by atomic mass is 32.2. The zero-order chi connectivity index (χ0) is 13.4.